The van der Waals surface area contributed by atoms with Crippen molar-refractivity contribution in [3.63, 3.8) is 0 Å². The zero-order valence-electron chi connectivity index (χ0n) is 13.3. The molecule has 0 saturated heterocycles. The summed E-state index contributed by atoms with van der Waals surface area (Å²) in [7, 11) is 0. The van der Waals surface area contributed by atoms with Crippen LogP contribution >= 0.6 is 0 Å². The summed E-state index contributed by atoms with van der Waals surface area (Å²) < 4.78 is 0. The smallest absolute Gasteiger partial charge is 1.00 e. The van der Waals surface area contributed by atoms with Crippen LogP contribution < -0.4 is 18.9 Å². The maximum absolute atomic E-state index is 4.17. The Morgan fingerprint density at radius 1 is 0.944 bits per heavy atom. The fraction of sp³-hybridized carbons (Fsp3) is 0.529. The van der Waals surface area contributed by atoms with Crippen molar-refractivity contribution in [2.75, 3.05) is 0 Å². The van der Waals surface area contributed by atoms with Gasteiger partial charge in [0.25, 0.3) is 0 Å². The van der Waals surface area contributed by atoms with Gasteiger partial charge in [0.1, 0.15) is 0 Å². The van der Waals surface area contributed by atoms with Gasteiger partial charge in [0.05, 0.1) is 0 Å². The van der Waals surface area contributed by atoms with Crippen molar-refractivity contribution in [2.24, 2.45) is 0 Å². The normalized spacial score (nSPS) is 9.83. The molecular formula is C17H27Li. The topological polar surface area (TPSA) is 0 Å². The van der Waals surface area contributed by atoms with Crippen LogP contribution in [0.2, 0.25) is 0 Å². The Labute approximate surface area is 127 Å². The summed E-state index contributed by atoms with van der Waals surface area (Å²) in [4.78, 5) is 0. The van der Waals surface area contributed by atoms with E-state index in [-0.39, 0.29) is 20.3 Å². The quantitative estimate of drug-likeness (QED) is 0.458. The number of hydrogen-bond donors (Lipinski definition) is 0. The van der Waals surface area contributed by atoms with Crippen LogP contribution in [0.15, 0.2) is 36.9 Å². The van der Waals surface area contributed by atoms with Crippen LogP contribution in [0.3, 0.4) is 0 Å². The molecule has 1 rings (SSSR count). The molecule has 0 aliphatic carbocycles. The van der Waals surface area contributed by atoms with Crippen LogP contribution in [0.1, 0.15) is 65.3 Å². The first kappa shape index (κ1) is 17.6. The van der Waals surface area contributed by atoms with Crippen molar-refractivity contribution >= 4 is 5.57 Å². The Hall–Kier alpha value is -0.443. The molecule has 0 aromatic heterocycles. The summed E-state index contributed by atoms with van der Waals surface area (Å²) in [6, 6.07) is 10.5. The van der Waals surface area contributed by atoms with Crippen LogP contribution in [0.5, 0.6) is 0 Å². The van der Waals surface area contributed by atoms with Crippen LogP contribution in [0.25, 0.3) is 5.57 Å². The molecule has 0 atom stereocenters. The second kappa shape index (κ2) is 11.6. The minimum absolute atomic E-state index is 0. The maximum Gasteiger partial charge on any atom is 1.00 e. The van der Waals surface area contributed by atoms with E-state index in [2.05, 4.69) is 43.8 Å². The van der Waals surface area contributed by atoms with Gasteiger partial charge in [-0.2, -0.15) is 0 Å². The summed E-state index contributed by atoms with van der Waals surface area (Å²) in [5, 5.41) is 0. The summed E-state index contributed by atoms with van der Waals surface area (Å²) in [6.07, 6.45) is 10.7. The van der Waals surface area contributed by atoms with Gasteiger partial charge in [-0.05, 0) is 24.0 Å². The molecule has 0 aliphatic heterocycles. The van der Waals surface area contributed by atoms with Crippen LogP contribution in [0.4, 0.5) is 0 Å². The molecular weight excluding hydrogens is 211 g/mol. The van der Waals surface area contributed by atoms with Gasteiger partial charge in [0, 0.05) is 0 Å². The first-order valence-electron chi connectivity index (χ1n) is 7.07. The predicted molar refractivity (Wildman–Crippen MR) is 79.2 cm³/mol. The summed E-state index contributed by atoms with van der Waals surface area (Å²) in [6.45, 7) is 6.44. The Kier molecular flexibility index (Phi) is 11.4. The second-order valence-corrected chi connectivity index (χ2v) is 4.84. The zero-order valence-corrected chi connectivity index (χ0v) is 12.3. The molecule has 0 spiro atoms. The van der Waals surface area contributed by atoms with Crippen molar-refractivity contribution in [2.45, 2.75) is 58.3 Å². The van der Waals surface area contributed by atoms with Gasteiger partial charge in [-0.15, -0.1) is 0 Å². The SMILES string of the molecule is C=C(CCCCCCCCC)c1ccccc1.[H-].[Li+]. The Morgan fingerprint density at radius 2 is 1.50 bits per heavy atom. The molecule has 96 valence electrons. The fourth-order valence-electron chi connectivity index (χ4n) is 2.11. The molecule has 0 radical (unpaired) electrons. The average molecular weight is 238 g/mol. The van der Waals surface area contributed by atoms with Crippen molar-refractivity contribution in [1.82, 2.24) is 0 Å². The molecule has 1 heteroatoms. The molecule has 0 amide bonds. The van der Waals surface area contributed by atoms with E-state index in [4.69, 9.17) is 0 Å². The van der Waals surface area contributed by atoms with E-state index in [0.717, 1.165) is 6.42 Å². The minimum Gasteiger partial charge on any atom is -1.00 e. The molecule has 0 bridgehead atoms. The molecule has 1 aromatic rings. The predicted octanol–water partition coefficient (Wildman–Crippen LogP) is 2.96. The first-order chi connectivity index (χ1) is 8.34. The average Bonchev–Trinajstić information content (AvgIpc) is 2.38. The molecule has 1 aromatic carbocycles. The summed E-state index contributed by atoms with van der Waals surface area (Å²) in [5.41, 5.74) is 2.60. The fourth-order valence-corrected chi connectivity index (χ4v) is 2.11. The van der Waals surface area contributed by atoms with Crippen molar-refractivity contribution in [3.05, 3.63) is 42.5 Å². The third-order valence-corrected chi connectivity index (χ3v) is 3.26. The van der Waals surface area contributed by atoms with E-state index in [1.54, 1.807) is 0 Å². The van der Waals surface area contributed by atoms with Crippen LogP contribution in [-0.4, -0.2) is 0 Å². The van der Waals surface area contributed by atoms with Gasteiger partial charge in [0.15, 0.2) is 0 Å². The minimum atomic E-state index is 0. The number of rotatable bonds is 9. The van der Waals surface area contributed by atoms with E-state index in [1.165, 1.54) is 56.1 Å². The standard InChI is InChI=1S/C17H26.Li.H/c1-3-4-5-6-7-8-10-13-16(2)17-14-11-9-12-15-17;;/h9,11-12,14-15H,2-8,10,13H2,1H3;;/q;+1;-1. The summed E-state index contributed by atoms with van der Waals surface area (Å²) >= 11 is 0. The van der Waals surface area contributed by atoms with Crippen LogP contribution in [-0.2, 0) is 0 Å². The third-order valence-electron chi connectivity index (χ3n) is 3.26. The molecule has 0 fully saturated rings. The molecule has 0 heterocycles. The number of hydrogen-bond acceptors (Lipinski definition) is 0. The van der Waals surface area contributed by atoms with Crippen molar-refractivity contribution in [3.8, 4) is 0 Å². The largest absolute Gasteiger partial charge is 1.00 e. The molecule has 0 N–H and O–H groups in total. The number of benzene rings is 1. The monoisotopic (exact) mass is 238 g/mol. The number of unbranched alkanes of at least 4 members (excludes halogenated alkanes) is 6. The van der Waals surface area contributed by atoms with E-state index in [0.29, 0.717) is 0 Å². The van der Waals surface area contributed by atoms with Gasteiger partial charge in [-0.3, -0.25) is 0 Å². The van der Waals surface area contributed by atoms with Crippen molar-refractivity contribution < 1.29 is 20.3 Å². The van der Waals surface area contributed by atoms with Gasteiger partial charge in [-0.25, -0.2) is 0 Å². The van der Waals surface area contributed by atoms with E-state index < -0.39 is 0 Å². The first-order valence-corrected chi connectivity index (χ1v) is 7.07. The maximum atomic E-state index is 4.17. The molecule has 0 unspecified atom stereocenters. The molecule has 0 aliphatic rings. The van der Waals surface area contributed by atoms with Gasteiger partial charge < -0.3 is 1.43 Å². The Morgan fingerprint density at radius 3 is 2.11 bits per heavy atom. The third kappa shape index (κ3) is 7.80. The Balaban J connectivity index is 0. The Bertz CT molecular complexity index is 308. The van der Waals surface area contributed by atoms with Crippen LogP contribution in [0, 0.1) is 0 Å². The van der Waals surface area contributed by atoms with Gasteiger partial charge in [0.2, 0.25) is 0 Å². The van der Waals surface area contributed by atoms with E-state index in [9.17, 15) is 0 Å². The van der Waals surface area contributed by atoms with Gasteiger partial charge in [-0.1, -0.05) is 82.4 Å². The molecule has 0 saturated carbocycles. The number of allylic oxidation sites excluding steroid dienone is 1. The van der Waals surface area contributed by atoms with E-state index >= 15 is 0 Å². The molecule has 0 nitrogen and oxygen atoms in total. The van der Waals surface area contributed by atoms with Gasteiger partial charge >= 0.3 is 18.9 Å². The second-order valence-electron chi connectivity index (χ2n) is 4.84. The zero-order chi connectivity index (χ0) is 12.3. The van der Waals surface area contributed by atoms with Crippen molar-refractivity contribution in [1.29, 1.82) is 0 Å². The summed E-state index contributed by atoms with van der Waals surface area (Å²) in [5.74, 6) is 0. The van der Waals surface area contributed by atoms with E-state index in [1.807, 2.05) is 0 Å². The molecule has 18 heavy (non-hydrogen) atoms.